The molecule has 3 rings (SSSR count). The predicted octanol–water partition coefficient (Wildman–Crippen LogP) is 2.45. The molecule has 0 aromatic carbocycles. The first kappa shape index (κ1) is 21.2. The summed E-state index contributed by atoms with van der Waals surface area (Å²) in [4.78, 5) is 12.0. The molecule has 156 valence electrons. The summed E-state index contributed by atoms with van der Waals surface area (Å²) in [6.45, 7) is 6.04. The van der Waals surface area contributed by atoms with Crippen molar-refractivity contribution in [2.45, 2.75) is 82.1 Å². The van der Waals surface area contributed by atoms with E-state index in [-0.39, 0.29) is 31.0 Å². The fraction of sp³-hybridized carbons (Fsp3) is 0.682. The van der Waals surface area contributed by atoms with E-state index in [4.69, 9.17) is 14.2 Å². The minimum atomic E-state index is -0.642. The van der Waals surface area contributed by atoms with Gasteiger partial charge in [0.1, 0.15) is 12.2 Å². The molecule has 3 heterocycles. The van der Waals surface area contributed by atoms with Crippen LogP contribution in [0.1, 0.15) is 45.4 Å². The summed E-state index contributed by atoms with van der Waals surface area (Å²) in [5, 5.41) is 19.9. The number of hydrogen-bond donors (Lipinski definition) is 2. The molecule has 7 atom stereocenters. The second kappa shape index (κ2) is 9.83. The van der Waals surface area contributed by atoms with Crippen LogP contribution in [0.3, 0.4) is 0 Å². The van der Waals surface area contributed by atoms with Gasteiger partial charge in [-0.3, -0.25) is 0 Å². The van der Waals surface area contributed by atoms with Crippen molar-refractivity contribution < 1.29 is 29.2 Å². The van der Waals surface area contributed by atoms with Gasteiger partial charge < -0.3 is 24.4 Å². The van der Waals surface area contributed by atoms with Crippen LogP contribution in [0, 0.1) is 5.92 Å². The van der Waals surface area contributed by atoms with Crippen molar-refractivity contribution in [3.63, 3.8) is 0 Å². The summed E-state index contributed by atoms with van der Waals surface area (Å²) in [5.41, 5.74) is 1.01. The van der Waals surface area contributed by atoms with Crippen molar-refractivity contribution >= 4 is 5.97 Å². The Balaban J connectivity index is 1.66. The Labute approximate surface area is 166 Å². The molecule has 6 heteroatoms. The van der Waals surface area contributed by atoms with Crippen molar-refractivity contribution in [1.82, 2.24) is 0 Å². The number of rotatable bonds is 1. The van der Waals surface area contributed by atoms with E-state index in [0.717, 1.165) is 24.8 Å². The van der Waals surface area contributed by atoms with Crippen LogP contribution in [0.25, 0.3) is 0 Å². The zero-order valence-electron chi connectivity index (χ0n) is 16.5. The summed E-state index contributed by atoms with van der Waals surface area (Å²) in [5.74, 6) is -0.0767. The smallest absolute Gasteiger partial charge is 0.330 e. The van der Waals surface area contributed by atoms with Crippen LogP contribution >= 0.6 is 0 Å². The normalized spacial score (nSPS) is 41.3. The highest BCUT2D eigenvalue weighted by molar-refractivity contribution is 5.82. The van der Waals surface area contributed by atoms with Gasteiger partial charge in [0.2, 0.25) is 0 Å². The molecule has 0 saturated carbocycles. The van der Waals surface area contributed by atoms with Gasteiger partial charge in [-0.25, -0.2) is 4.79 Å². The minimum Gasteiger partial charge on any atom is -0.457 e. The van der Waals surface area contributed by atoms with E-state index < -0.39 is 18.2 Å². The molecule has 2 bridgehead atoms. The Morgan fingerprint density at radius 1 is 1.18 bits per heavy atom. The number of aliphatic hydroxyl groups excluding tert-OH is 2. The van der Waals surface area contributed by atoms with E-state index in [1.165, 1.54) is 6.08 Å². The minimum absolute atomic E-state index is 0.0480. The van der Waals surface area contributed by atoms with E-state index >= 15 is 0 Å². The Morgan fingerprint density at radius 2 is 2.00 bits per heavy atom. The van der Waals surface area contributed by atoms with Crippen LogP contribution in [0.4, 0.5) is 0 Å². The van der Waals surface area contributed by atoms with Crippen molar-refractivity contribution in [3.8, 4) is 0 Å². The third-order valence-corrected chi connectivity index (χ3v) is 5.52. The number of esters is 1. The quantitative estimate of drug-likeness (QED) is 0.405. The van der Waals surface area contributed by atoms with Crippen LogP contribution in [0.15, 0.2) is 36.5 Å². The molecule has 1 saturated heterocycles. The Kier molecular flexibility index (Phi) is 7.46. The summed E-state index contributed by atoms with van der Waals surface area (Å²) in [6.07, 6.45) is 9.79. The third kappa shape index (κ3) is 6.27. The fourth-order valence-electron chi connectivity index (χ4n) is 4.14. The number of cyclic esters (lactones) is 1. The lowest BCUT2D eigenvalue weighted by molar-refractivity contribution is -0.145. The molecule has 0 unspecified atom stereocenters. The van der Waals surface area contributed by atoms with Crippen LogP contribution in [-0.4, -0.2) is 59.4 Å². The molecule has 3 aliphatic heterocycles. The summed E-state index contributed by atoms with van der Waals surface area (Å²) in [7, 11) is 0. The maximum absolute atomic E-state index is 12.0. The van der Waals surface area contributed by atoms with E-state index in [1.807, 2.05) is 6.08 Å². The summed E-state index contributed by atoms with van der Waals surface area (Å²) in [6, 6.07) is 0. The van der Waals surface area contributed by atoms with Gasteiger partial charge in [0.15, 0.2) is 0 Å². The lowest BCUT2D eigenvalue weighted by Gasteiger charge is -2.28. The molecule has 0 amide bonds. The number of aliphatic hydroxyl groups is 2. The topological polar surface area (TPSA) is 88.5 Å². The zero-order chi connectivity index (χ0) is 20.1. The summed E-state index contributed by atoms with van der Waals surface area (Å²) >= 11 is 0. The average molecular weight is 392 g/mol. The second-order valence-electron chi connectivity index (χ2n) is 8.28. The molecule has 0 aromatic rings. The van der Waals surface area contributed by atoms with Gasteiger partial charge in [0.25, 0.3) is 0 Å². The second-order valence-corrected chi connectivity index (χ2v) is 8.28. The number of fused-ring (bicyclic) bond motifs is 3. The molecule has 0 spiro atoms. The monoisotopic (exact) mass is 392 g/mol. The molecule has 28 heavy (non-hydrogen) atoms. The van der Waals surface area contributed by atoms with E-state index in [1.54, 1.807) is 6.08 Å². The molecule has 3 aliphatic rings. The first-order valence-corrected chi connectivity index (χ1v) is 10.2. The number of ether oxygens (including phenoxy) is 3. The van der Waals surface area contributed by atoms with Gasteiger partial charge in [0, 0.05) is 12.5 Å². The average Bonchev–Trinajstić information content (AvgIpc) is 3.39. The van der Waals surface area contributed by atoms with Gasteiger partial charge in [-0.15, -0.1) is 0 Å². The molecular weight excluding hydrogens is 360 g/mol. The van der Waals surface area contributed by atoms with Crippen molar-refractivity contribution in [2.75, 3.05) is 6.61 Å². The van der Waals surface area contributed by atoms with Crippen molar-refractivity contribution in [3.05, 3.63) is 36.5 Å². The first-order chi connectivity index (χ1) is 13.4. The molecular formula is C22H32O6. The van der Waals surface area contributed by atoms with Gasteiger partial charge in [-0.2, -0.15) is 0 Å². The van der Waals surface area contributed by atoms with E-state index in [0.29, 0.717) is 25.2 Å². The van der Waals surface area contributed by atoms with Crippen molar-refractivity contribution in [1.29, 1.82) is 0 Å². The van der Waals surface area contributed by atoms with Crippen LogP contribution < -0.4 is 0 Å². The van der Waals surface area contributed by atoms with Crippen LogP contribution in [0.2, 0.25) is 0 Å². The Bertz CT molecular complexity index is 612. The Hall–Kier alpha value is -1.47. The number of epoxide rings is 1. The number of carbonyl (C=O) groups is 1. The van der Waals surface area contributed by atoms with Gasteiger partial charge >= 0.3 is 5.97 Å². The standard InChI is InChI=1S/C22H32O6/c1-14-9-15(2)11-19(24)22-20(28-22)12-18(13-23)27-21(25)8-4-6-16-5-3-7-17(10-14)26-16/h3-5,8,14,16-20,22-24H,2,6-7,9-13H2,1H3/b8-4-/t14-,16-,17-,18-,19-,20-,22-/m0/s1. The molecule has 1 fully saturated rings. The largest absolute Gasteiger partial charge is 0.457 e. The molecule has 2 N–H and O–H groups in total. The maximum Gasteiger partial charge on any atom is 0.330 e. The van der Waals surface area contributed by atoms with E-state index in [2.05, 4.69) is 19.6 Å². The lowest BCUT2D eigenvalue weighted by atomic mass is 9.91. The van der Waals surface area contributed by atoms with Crippen LogP contribution in [0.5, 0.6) is 0 Å². The predicted molar refractivity (Wildman–Crippen MR) is 105 cm³/mol. The summed E-state index contributed by atoms with van der Waals surface area (Å²) < 4.78 is 17.0. The zero-order valence-corrected chi connectivity index (χ0v) is 16.5. The molecule has 0 radical (unpaired) electrons. The van der Waals surface area contributed by atoms with E-state index in [9.17, 15) is 15.0 Å². The number of hydrogen-bond acceptors (Lipinski definition) is 6. The van der Waals surface area contributed by atoms with Gasteiger partial charge in [0.05, 0.1) is 31.0 Å². The molecule has 6 nitrogen and oxygen atoms in total. The SMILES string of the molecule is C=C1C[C@H](C)C[C@@H]2CC=C[C@@H](C/C=C\C(=O)O[C@H](CO)C[C@@H]3O[C@H]3[C@@H](O)C1)O2. The van der Waals surface area contributed by atoms with Gasteiger partial charge in [-0.1, -0.05) is 37.3 Å². The lowest BCUT2D eigenvalue weighted by Crippen LogP contribution is -2.27. The highest BCUT2D eigenvalue weighted by Gasteiger charge is 2.45. The fourth-order valence-corrected chi connectivity index (χ4v) is 4.14. The Morgan fingerprint density at radius 3 is 2.79 bits per heavy atom. The highest BCUT2D eigenvalue weighted by atomic mass is 16.6. The maximum atomic E-state index is 12.0. The third-order valence-electron chi connectivity index (χ3n) is 5.52. The molecule has 0 aromatic heterocycles. The van der Waals surface area contributed by atoms with Gasteiger partial charge in [-0.05, 0) is 38.0 Å². The van der Waals surface area contributed by atoms with Crippen LogP contribution in [-0.2, 0) is 19.0 Å². The highest BCUT2D eigenvalue weighted by Crippen LogP contribution is 2.34. The van der Waals surface area contributed by atoms with Crippen molar-refractivity contribution in [2.24, 2.45) is 5.92 Å². The number of carbonyl (C=O) groups excluding carboxylic acids is 1. The first-order valence-electron chi connectivity index (χ1n) is 10.2. The molecule has 0 aliphatic carbocycles.